The van der Waals surface area contributed by atoms with Crippen LogP contribution in [0, 0.1) is 0 Å². The first kappa shape index (κ1) is 20.5. The third kappa shape index (κ3) is 5.00. The van der Waals surface area contributed by atoms with Crippen molar-refractivity contribution in [2.24, 2.45) is 5.16 Å². The van der Waals surface area contributed by atoms with Gasteiger partial charge in [0.25, 0.3) is 5.91 Å². The lowest BCUT2D eigenvalue weighted by atomic mass is 10.0. The summed E-state index contributed by atoms with van der Waals surface area (Å²) in [5.74, 6) is -0.435. The molecule has 3 rings (SSSR count). The summed E-state index contributed by atoms with van der Waals surface area (Å²) in [6.07, 6.45) is 0.348. The molecule has 7 heteroatoms. The van der Waals surface area contributed by atoms with Gasteiger partial charge in [-0.05, 0) is 23.3 Å². The number of likely N-dealkylation sites (tertiary alicyclic amines) is 1. The summed E-state index contributed by atoms with van der Waals surface area (Å²) in [6, 6.07) is 16.7. The summed E-state index contributed by atoms with van der Waals surface area (Å²) in [4.78, 5) is 32.1. The van der Waals surface area contributed by atoms with Gasteiger partial charge >= 0.3 is 0 Å². The number of carbonyl (C=O) groups excluding carboxylic acids is 2. The third-order valence-corrected chi connectivity index (χ3v) is 4.79. The first-order valence-electron chi connectivity index (χ1n) is 9.46. The molecule has 1 atom stereocenters. The molecule has 1 aliphatic rings. The number of rotatable bonds is 7. The molecule has 0 unspecified atom stereocenters. The summed E-state index contributed by atoms with van der Waals surface area (Å²) in [5, 5.41) is 6.75. The lowest BCUT2D eigenvalue weighted by Gasteiger charge is -2.23. The van der Waals surface area contributed by atoms with Crippen molar-refractivity contribution in [2.45, 2.75) is 12.5 Å². The standard InChI is InChI=1S/C22H25N3O4/c1-28-13-12-23-21(26)20-14-19(24-29-2)15-25(20)22(27)18-10-8-17(9-11-18)16-6-4-3-5-7-16/h3-11,20H,12-15H2,1-2H3,(H,23,26)/t20-/m0/s1. The number of hydrogen-bond donors (Lipinski definition) is 1. The molecule has 1 fully saturated rings. The number of nitrogens with zero attached hydrogens (tertiary/aromatic N) is 2. The van der Waals surface area contributed by atoms with Gasteiger partial charge in [-0.3, -0.25) is 9.59 Å². The van der Waals surface area contributed by atoms with Gasteiger partial charge in [0.1, 0.15) is 13.2 Å². The molecule has 0 aromatic heterocycles. The van der Waals surface area contributed by atoms with Crippen molar-refractivity contribution < 1.29 is 19.2 Å². The molecule has 2 aromatic carbocycles. The molecular weight excluding hydrogens is 370 g/mol. The van der Waals surface area contributed by atoms with Crippen molar-refractivity contribution >= 4 is 17.5 Å². The van der Waals surface area contributed by atoms with E-state index >= 15 is 0 Å². The van der Waals surface area contributed by atoms with Gasteiger partial charge in [-0.1, -0.05) is 47.6 Å². The van der Waals surface area contributed by atoms with E-state index in [1.807, 2.05) is 42.5 Å². The van der Waals surface area contributed by atoms with Gasteiger partial charge in [0.2, 0.25) is 5.91 Å². The van der Waals surface area contributed by atoms with Crippen LogP contribution in [-0.4, -0.2) is 62.4 Å². The van der Waals surface area contributed by atoms with Crippen molar-refractivity contribution in [3.8, 4) is 11.1 Å². The zero-order valence-corrected chi connectivity index (χ0v) is 16.6. The first-order valence-corrected chi connectivity index (χ1v) is 9.46. The molecule has 0 aliphatic carbocycles. The fourth-order valence-electron chi connectivity index (χ4n) is 3.34. The highest BCUT2D eigenvalue weighted by Crippen LogP contribution is 2.23. The van der Waals surface area contributed by atoms with Gasteiger partial charge in [-0.15, -0.1) is 0 Å². The minimum absolute atomic E-state index is 0.210. The number of methoxy groups -OCH3 is 1. The Morgan fingerprint density at radius 1 is 1.07 bits per heavy atom. The van der Waals surface area contributed by atoms with E-state index in [9.17, 15) is 9.59 Å². The van der Waals surface area contributed by atoms with E-state index in [4.69, 9.17) is 9.57 Å². The highest BCUT2D eigenvalue weighted by Gasteiger charge is 2.38. The van der Waals surface area contributed by atoms with Gasteiger partial charge in [-0.2, -0.15) is 0 Å². The van der Waals surface area contributed by atoms with Crippen LogP contribution >= 0.6 is 0 Å². The maximum Gasteiger partial charge on any atom is 0.254 e. The Hall–Kier alpha value is -3.19. The molecule has 7 nitrogen and oxygen atoms in total. The van der Waals surface area contributed by atoms with E-state index in [0.717, 1.165) is 11.1 Å². The van der Waals surface area contributed by atoms with Gasteiger partial charge in [0.15, 0.2) is 0 Å². The van der Waals surface area contributed by atoms with Gasteiger partial charge in [0.05, 0.1) is 18.9 Å². The smallest absolute Gasteiger partial charge is 0.254 e. The van der Waals surface area contributed by atoms with E-state index in [0.29, 0.717) is 30.8 Å². The van der Waals surface area contributed by atoms with Crippen LogP contribution in [0.4, 0.5) is 0 Å². The average Bonchev–Trinajstić information content (AvgIpc) is 3.18. The van der Waals surface area contributed by atoms with E-state index in [1.165, 1.54) is 12.0 Å². The topological polar surface area (TPSA) is 80.2 Å². The molecule has 1 saturated heterocycles. The highest BCUT2D eigenvalue weighted by atomic mass is 16.6. The average molecular weight is 395 g/mol. The predicted octanol–water partition coefficient (Wildman–Crippen LogP) is 2.33. The van der Waals surface area contributed by atoms with Crippen molar-refractivity contribution in [3.05, 3.63) is 60.2 Å². The quantitative estimate of drug-likeness (QED) is 0.576. The first-order chi connectivity index (χ1) is 14.1. The Morgan fingerprint density at radius 3 is 2.41 bits per heavy atom. The Morgan fingerprint density at radius 2 is 1.76 bits per heavy atom. The summed E-state index contributed by atoms with van der Waals surface area (Å²) in [7, 11) is 3.02. The van der Waals surface area contributed by atoms with Crippen LogP contribution in [0.5, 0.6) is 0 Å². The monoisotopic (exact) mass is 395 g/mol. The summed E-state index contributed by atoms with van der Waals surface area (Å²) >= 11 is 0. The maximum absolute atomic E-state index is 13.1. The number of benzene rings is 2. The van der Waals surface area contributed by atoms with Crippen LogP contribution in [-0.2, 0) is 14.4 Å². The number of nitrogens with one attached hydrogen (secondary N) is 1. The number of amides is 2. The van der Waals surface area contributed by atoms with Gasteiger partial charge in [-0.25, -0.2) is 0 Å². The van der Waals surface area contributed by atoms with E-state index in [2.05, 4.69) is 10.5 Å². The Balaban J connectivity index is 1.77. The van der Waals surface area contributed by atoms with E-state index in [-0.39, 0.29) is 18.4 Å². The third-order valence-electron chi connectivity index (χ3n) is 4.79. The summed E-state index contributed by atoms with van der Waals surface area (Å²) in [5.41, 5.74) is 3.29. The minimum atomic E-state index is -0.623. The zero-order valence-electron chi connectivity index (χ0n) is 16.6. The van der Waals surface area contributed by atoms with Crippen molar-refractivity contribution in [3.63, 3.8) is 0 Å². The predicted molar refractivity (Wildman–Crippen MR) is 111 cm³/mol. The summed E-state index contributed by atoms with van der Waals surface area (Å²) in [6.45, 7) is 1.05. The second kappa shape index (κ2) is 9.84. The lowest BCUT2D eigenvalue weighted by molar-refractivity contribution is -0.125. The Labute approximate surface area is 170 Å². The molecule has 0 radical (unpaired) electrons. The highest BCUT2D eigenvalue weighted by molar-refractivity contribution is 6.05. The SMILES string of the molecule is COCCNC(=O)[C@@H]1CC(=NOC)CN1C(=O)c1ccc(-c2ccccc2)cc1. The van der Waals surface area contributed by atoms with Crippen LogP contribution in [0.2, 0.25) is 0 Å². The molecule has 1 N–H and O–H groups in total. The van der Waals surface area contributed by atoms with Gasteiger partial charge < -0.3 is 19.8 Å². The van der Waals surface area contributed by atoms with Crippen molar-refractivity contribution in [1.29, 1.82) is 0 Å². The number of ether oxygens (including phenoxy) is 1. The zero-order chi connectivity index (χ0) is 20.6. The van der Waals surface area contributed by atoms with E-state index in [1.54, 1.807) is 19.2 Å². The van der Waals surface area contributed by atoms with Crippen molar-refractivity contribution in [1.82, 2.24) is 10.2 Å². The Kier molecular flexibility index (Phi) is 6.97. The number of carbonyl (C=O) groups is 2. The fourth-order valence-corrected chi connectivity index (χ4v) is 3.34. The van der Waals surface area contributed by atoms with Crippen LogP contribution in [0.25, 0.3) is 11.1 Å². The molecular formula is C22H25N3O4. The van der Waals surface area contributed by atoms with Crippen LogP contribution in [0.1, 0.15) is 16.8 Å². The number of hydrogen-bond acceptors (Lipinski definition) is 5. The second-order valence-electron chi connectivity index (χ2n) is 6.72. The normalized spacial score (nSPS) is 17.4. The van der Waals surface area contributed by atoms with Crippen LogP contribution < -0.4 is 5.32 Å². The minimum Gasteiger partial charge on any atom is -0.399 e. The van der Waals surface area contributed by atoms with Crippen LogP contribution in [0.15, 0.2) is 59.8 Å². The Bertz CT molecular complexity index is 865. The van der Waals surface area contributed by atoms with Crippen LogP contribution in [0.3, 0.4) is 0 Å². The largest absolute Gasteiger partial charge is 0.399 e. The maximum atomic E-state index is 13.1. The van der Waals surface area contributed by atoms with E-state index < -0.39 is 6.04 Å². The van der Waals surface area contributed by atoms with Crippen molar-refractivity contribution in [2.75, 3.05) is 33.9 Å². The van der Waals surface area contributed by atoms with Gasteiger partial charge in [0, 0.05) is 25.6 Å². The molecule has 29 heavy (non-hydrogen) atoms. The molecule has 0 bridgehead atoms. The lowest BCUT2D eigenvalue weighted by Crippen LogP contribution is -2.46. The fraction of sp³-hybridized carbons (Fsp3) is 0.318. The number of oxime groups is 1. The molecule has 2 amide bonds. The molecule has 0 spiro atoms. The molecule has 1 heterocycles. The second-order valence-corrected chi connectivity index (χ2v) is 6.72. The molecule has 1 aliphatic heterocycles. The molecule has 0 saturated carbocycles. The molecule has 2 aromatic rings. The summed E-state index contributed by atoms with van der Waals surface area (Å²) < 4.78 is 4.97. The molecule has 152 valence electrons.